The van der Waals surface area contributed by atoms with Crippen molar-refractivity contribution >= 4 is 17.1 Å². The highest BCUT2D eigenvalue weighted by Crippen LogP contribution is 2.61. The molecule has 70 heavy (non-hydrogen) atoms. The Morgan fingerprint density at radius 3 is 1.23 bits per heavy atom. The molecule has 0 N–H and O–H groups in total. The molecule has 340 valence electrons. The van der Waals surface area contributed by atoms with Gasteiger partial charge >= 0.3 is 0 Å². The van der Waals surface area contributed by atoms with E-state index in [-0.39, 0.29) is 10.8 Å². The van der Waals surface area contributed by atoms with Crippen LogP contribution in [0.15, 0.2) is 249 Å². The largest absolute Gasteiger partial charge is 0.310 e. The molecule has 0 heterocycles. The first kappa shape index (κ1) is 44.5. The topological polar surface area (TPSA) is 3.24 Å². The van der Waals surface area contributed by atoms with Crippen LogP contribution in [-0.2, 0) is 16.2 Å². The zero-order valence-electron chi connectivity index (χ0n) is 41.1. The highest BCUT2D eigenvalue weighted by atomic mass is 15.1. The van der Waals surface area contributed by atoms with E-state index in [1.807, 2.05) is 0 Å². The first-order chi connectivity index (χ1) is 34.0. The van der Waals surface area contributed by atoms with E-state index in [0.717, 1.165) is 17.1 Å². The predicted molar refractivity (Wildman–Crippen MR) is 298 cm³/mol. The fourth-order valence-electron chi connectivity index (χ4n) is 10.7. The average Bonchev–Trinajstić information content (AvgIpc) is 3.70. The smallest absolute Gasteiger partial charge is 0.0714 e. The summed E-state index contributed by atoms with van der Waals surface area (Å²) < 4.78 is 0. The van der Waals surface area contributed by atoms with Gasteiger partial charge in [-0.3, -0.25) is 0 Å². The van der Waals surface area contributed by atoms with Crippen LogP contribution in [0.2, 0.25) is 0 Å². The molecule has 11 rings (SSSR count). The molecule has 1 aliphatic carbocycles. The highest BCUT2D eigenvalue weighted by molar-refractivity contribution is 6.00. The van der Waals surface area contributed by atoms with Crippen LogP contribution in [0.4, 0.5) is 17.1 Å². The van der Waals surface area contributed by atoms with Gasteiger partial charge in [0, 0.05) is 16.9 Å². The molecule has 1 aliphatic rings. The first-order valence-electron chi connectivity index (χ1n) is 24.7. The van der Waals surface area contributed by atoms with Crippen molar-refractivity contribution in [2.45, 2.75) is 57.8 Å². The molecule has 0 spiro atoms. The van der Waals surface area contributed by atoms with Gasteiger partial charge in [-0.2, -0.15) is 0 Å². The predicted octanol–water partition coefficient (Wildman–Crippen LogP) is 18.8. The second-order valence-electron chi connectivity index (χ2n) is 21.0. The first-order valence-corrected chi connectivity index (χ1v) is 24.7. The zero-order chi connectivity index (χ0) is 48.0. The molecule has 0 amide bonds. The quantitative estimate of drug-likeness (QED) is 0.140. The van der Waals surface area contributed by atoms with Gasteiger partial charge < -0.3 is 4.90 Å². The Morgan fingerprint density at radius 1 is 0.300 bits per heavy atom. The van der Waals surface area contributed by atoms with Gasteiger partial charge in [0.2, 0.25) is 0 Å². The monoisotopic (exact) mass is 901 g/mol. The summed E-state index contributed by atoms with van der Waals surface area (Å²) in [5, 5.41) is 0. The number of nitrogens with zero attached hydrogens (tertiary/aromatic N) is 1. The Morgan fingerprint density at radius 2 is 0.714 bits per heavy atom. The molecular weight excluding hydrogens is 843 g/mol. The third kappa shape index (κ3) is 8.06. The van der Waals surface area contributed by atoms with Gasteiger partial charge in [0.15, 0.2) is 0 Å². The normalized spacial score (nSPS) is 14.2. The van der Waals surface area contributed by atoms with Crippen molar-refractivity contribution in [3.8, 4) is 55.6 Å². The lowest BCUT2D eigenvalue weighted by molar-refractivity contribution is 0.569. The zero-order valence-corrected chi connectivity index (χ0v) is 41.1. The van der Waals surface area contributed by atoms with E-state index in [0.29, 0.717) is 0 Å². The molecule has 0 saturated heterocycles. The van der Waals surface area contributed by atoms with Crippen LogP contribution in [0, 0.1) is 0 Å². The maximum atomic E-state index is 2.55. The lowest BCUT2D eigenvalue weighted by Crippen LogP contribution is -2.29. The van der Waals surface area contributed by atoms with Gasteiger partial charge in [-0.1, -0.05) is 248 Å². The van der Waals surface area contributed by atoms with Crippen LogP contribution in [0.25, 0.3) is 55.6 Å². The molecule has 10 aromatic carbocycles. The minimum atomic E-state index is -0.669. The fourth-order valence-corrected chi connectivity index (χ4v) is 10.7. The van der Waals surface area contributed by atoms with Crippen LogP contribution < -0.4 is 4.90 Å². The third-order valence-electron chi connectivity index (χ3n) is 14.4. The molecule has 0 aliphatic heterocycles. The number of rotatable bonds is 9. The van der Waals surface area contributed by atoms with E-state index in [1.165, 1.54) is 89.0 Å². The molecule has 1 atom stereocenters. The van der Waals surface area contributed by atoms with Gasteiger partial charge in [-0.05, 0) is 137 Å². The number of benzene rings is 10. The highest BCUT2D eigenvalue weighted by Gasteiger charge is 2.48. The van der Waals surface area contributed by atoms with Crippen molar-refractivity contribution in [2.24, 2.45) is 0 Å². The van der Waals surface area contributed by atoms with Crippen molar-refractivity contribution in [1.82, 2.24) is 0 Å². The molecule has 1 heteroatoms. The number of hydrogen-bond donors (Lipinski definition) is 0. The second kappa shape index (κ2) is 17.8. The molecule has 0 bridgehead atoms. The van der Waals surface area contributed by atoms with Gasteiger partial charge in [0.1, 0.15) is 0 Å². The van der Waals surface area contributed by atoms with Gasteiger partial charge in [-0.25, -0.2) is 0 Å². The van der Waals surface area contributed by atoms with E-state index >= 15 is 0 Å². The van der Waals surface area contributed by atoms with Crippen LogP contribution in [0.1, 0.15) is 74.9 Å². The maximum Gasteiger partial charge on any atom is 0.0714 e. The number of hydrogen-bond acceptors (Lipinski definition) is 1. The van der Waals surface area contributed by atoms with Crippen molar-refractivity contribution in [3.05, 3.63) is 282 Å². The Balaban J connectivity index is 1.26. The van der Waals surface area contributed by atoms with E-state index < -0.39 is 5.41 Å². The Labute approximate surface area is 415 Å². The van der Waals surface area contributed by atoms with Crippen LogP contribution in [-0.4, -0.2) is 0 Å². The van der Waals surface area contributed by atoms with E-state index in [1.54, 1.807) is 0 Å². The van der Waals surface area contributed by atoms with Crippen molar-refractivity contribution < 1.29 is 0 Å². The lowest BCUT2D eigenvalue weighted by Gasteiger charge is -2.35. The van der Waals surface area contributed by atoms with E-state index in [9.17, 15) is 0 Å². The molecule has 1 nitrogen and oxygen atoms in total. The Hall–Kier alpha value is -8.00. The Bertz CT molecular complexity index is 3330. The van der Waals surface area contributed by atoms with Gasteiger partial charge in [0.25, 0.3) is 0 Å². The maximum absolute atomic E-state index is 2.55. The lowest BCUT2D eigenvalue weighted by atomic mass is 9.67. The summed E-state index contributed by atoms with van der Waals surface area (Å²) in [5.41, 5.74) is 22.2. The summed E-state index contributed by atoms with van der Waals surface area (Å²) in [4.78, 5) is 2.52. The Kier molecular flexibility index (Phi) is 11.3. The SMILES string of the molecule is CC(C)(C)c1cc(-c2cc(N(c3ccc(-c4ccccc4)cc3)c3ccc(-c4ccccc4)cc3)c3c(c2)C(c2ccccc2)(c2cccc(-c4ccccc4)c2)c2ccccc2-3)cc(C(C)(C)C)c1. The van der Waals surface area contributed by atoms with Crippen molar-refractivity contribution in [1.29, 1.82) is 0 Å². The number of anilines is 3. The molecule has 0 radical (unpaired) electrons. The van der Waals surface area contributed by atoms with Crippen LogP contribution >= 0.6 is 0 Å². The minimum Gasteiger partial charge on any atom is -0.310 e. The molecule has 10 aromatic rings. The fraction of sp³-hybridized carbons (Fsp3) is 0.130. The molecular formula is C69H59N. The van der Waals surface area contributed by atoms with Gasteiger partial charge in [0.05, 0.1) is 11.1 Å². The number of fused-ring (bicyclic) bond motifs is 3. The molecule has 0 saturated carbocycles. The minimum absolute atomic E-state index is 0.0650. The molecule has 1 unspecified atom stereocenters. The summed E-state index contributed by atoms with van der Waals surface area (Å²) in [6, 6.07) is 92.7. The second-order valence-corrected chi connectivity index (χ2v) is 21.0. The van der Waals surface area contributed by atoms with E-state index in [4.69, 9.17) is 0 Å². The van der Waals surface area contributed by atoms with Gasteiger partial charge in [-0.15, -0.1) is 0 Å². The average molecular weight is 902 g/mol. The van der Waals surface area contributed by atoms with Crippen molar-refractivity contribution in [3.63, 3.8) is 0 Å². The molecule has 0 fully saturated rings. The molecule has 0 aromatic heterocycles. The summed E-state index contributed by atoms with van der Waals surface area (Å²) in [7, 11) is 0. The van der Waals surface area contributed by atoms with E-state index in [2.05, 4.69) is 295 Å². The van der Waals surface area contributed by atoms with Crippen molar-refractivity contribution in [2.75, 3.05) is 4.90 Å². The summed E-state index contributed by atoms with van der Waals surface area (Å²) in [6.45, 7) is 14.0. The van der Waals surface area contributed by atoms with Crippen LogP contribution in [0.5, 0.6) is 0 Å². The standard InChI is InChI=1S/C69H59N/c1-67(2,3)58-43-54(44-59(47-58)68(4,5)6)55-45-64-66(62-32-19-20-33-63(62)69(64,56-29-17-10-18-30-56)57-31-21-28-53(42-57)50-26-15-9-16-27-50)65(46-55)70(60-38-34-51(35-39-60)48-22-11-7-12-23-48)61-40-36-52(37-41-61)49-24-13-8-14-25-49/h7-47H,1-6H3. The summed E-state index contributed by atoms with van der Waals surface area (Å²) in [6.07, 6.45) is 0. The van der Waals surface area contributed by atoms with Crippen LogP contribution in [0.3, 0.4) is 0 Å². The summed E-state index contributed by atoms with van der Waals surface area (Å²) >= 11 is 0. The third-order valence-corrected chi connectivity index (χ3v) is 14.4. The summed E-state index contributed by atoms with van der Waals surface area (Å²) in [5.74, 6) is 0.